The minimum atomic E-state index is -1.65. The van der Waals surface area contributed by atoms with E-state index in [1.807, 2.05) is 4.98 Å². The van der Waals surface area contributed by atoms with Crippen molar-refractivity contribution < 1.29 is 48.2 Å². The molecule has 2 aliphatic heterocycles. The summed E-state index contributed by atoms with van der Waals surface area (Å²) in [5.74, 6) is -1.77. The summed E-state index contributed by atoms with van der Waals surface area (Å²) in [5, 5.41) is 20.0. The third-order valence-corrected chi connectivity index (χ3v) is 4.71. The summed E-state index contributed by atoms with van der Waals surface area (Å²) >= 11 is 0. The summed E-state index contributed by atoms with van der Waals surface area (Å²) in [6, 6.07) is 1.05. The van der Waals surface area contributed by atoms with E-state index in [4.69, 9.17) is 28.4 Å². The van der Waals surface area contributed by atoms with Crippen LogP contribution in [-0.2, 0) is 38.0 Å². The fourth-order valence-corrected chi connectivity index (χ4v) is 3.28. The zero-order valence-corrected chi connectivity index (χ0v) is 17.2. The SMILES string of the molecule is CCOC(=O)C1OC(O[C@@H]2[C@H](O)[C@@H](CO)O[C@H]2n2ccc(=O)[nH]c2=O)OC1C(=O)OCC. The van der Waals surface area contributed by atoms with Gasteiger partial charge in [0.25, 0.3) is 12.0 Å². The molecule has 0 spiro atoms. The second kappa shape index (κ2) is 10.3. The molecule has 14 nitrogen and oxygen atoms in total. The average Bonchev–Trinajstić information content (AvgIpc) is 3.31. The molecule has 0 radical (unpaired) electrons. The highest BCUT2D eigenvalue weighted by Crippen LogP contribution is 2.34. The highest BCUT2D eigenvalue weighted by atomic mass is 16.9. The van der Waals surface area contributed by atoms with Crippen LogP contribution in [0.4, 0.5) is 0 Å². The Kier molecular flexibility index (Phi) is 7.76. The van der Waals surface area contributed by atoms with Crippen LogP contribution in [0.1, 0.15) is 20.1 Å². The molecule has 3 heterocycles. The van der Waals surface area contributed by atoms with E-state index in [1.165, 1.54) is 0 Å². The minimum absolute atomic E-state index is 0.0182. The van der Waals surface area contributed by atoms with Crippen molar-refractivity contribution in [2.75, 3.05) is 19.8 Å². The Balaban J connectivity index is 1.83. The van der Waals surface area contributed by atoms with Crippen LogP contribution < -0.4 is 11.2 Å². The van der Waals surface area contributed by atoms with Gasteiger partial charge in [-0.2, -0.15) is 0 Å². The number of hydrogen-bond donors (Lipinski definition) is 3. The van der Waals surface area contributed by atoms with Crippen molar-refractivity contribution in [2.45, 2.75) is 57.1 Å². The second-order valence-electron chi connectivity index (χ2n) is 6.76. The first kappa shape index (κ1) is 24.0. The van der Waals surface area contributed by atoms with E-state index < -0.39 is 73.0 Å². The predicted octanol–water partition coefficient (Wildman–Crippen LogP) is -2.63. The third kappa shape index (κ3) is 4.90. The van der Waals surface area contributed by atoms with E-state index in [-0.39, 0.29) is 13.2 Å². The minimum Gasteiger partial charge on any atom is -0.464 e. The molecule has 0 amide bonds. The Hall–Kier alpha value is -2.62. The van der Waals surface area contributed by atoms with Gasteiger partial charge in [0.1, 0.15) is 18.3 Å². The highest BCUT2D eigenvalue weighted by molar-refractivity contribution is 5.86. The number of aromatic nitrogens is 2. The first-order valence-corrected chi connectivity index (χ1v) is 9.86. The van der Waals surface area contributed by atoms with Gasteiger partial charge < -0.3 is 38.6 Å². The Labute approximate surface area is 180 Å². The Bertz CT molecular complexity index is 903. The molecule has 1 aromatic heterocycles. The van der Waals surface area contributed by atoms with Crippen LogP contribution in [-0.4, -0.2) is 88.5 Å². The number of nitrogens with one attached hydrogen (secondary N) is 1. The average molecular weight is 460 g/mol. The quantitative estimate of drug-likeness (QED) is 0.343. The van der Waals surface area contributed by atoms with Crippen molar-refractivity contribution >= 4 is 11.9 Å². The fraction of sp³-hybridized carbons (Fsp3) is 0.667. The summed E-state index contributed by atoms with van der Waals surface area (Å²) in [6.45, 7) is 0.900. The number of esters is 2. The van der Waals surface area contributed by atoms with Crippen molar-refractivity contribution in [2.24, 2.45) is 0 Å². The van der Waals surface area contributed by atoms with E-state index in [0.29, 0.717) is 0 Å². The van der Waals surface area contributed by atoms with Crippen LogP contribution >= 0.6 is 0 Å². The van der Waals surface area contributed by atoms with Crippen LogP contribution in [0.2, 0.25) is 0 Å². The molecule has 2 unspecified atom stereocenters. The van der Waals surface area contributed by atoms with Gasteiger partial charge in [-0.3, -0.25) is 14.3 Å². The first-order valence-electron chi connectivity index (χ1n) is 9.86. The van der Waals surface area contributed by atoms with Gasteiger partial charge >= 0.3 is 17.6 Å². The molecule has 14 heteroatoms. The Morgan fingerprint density at radius 3 is 2.19 bits per heavy atom. The van der Waals surface area contributed by atoms with Crippen molar-refractivity contribution in [3.63, 3.8) is 0 Å². The number of carbonyl (C=O) groups is 2. The van der Waals surface area contributed by atoms with Crippen LogP contribution in [0.5, 0.6) is 0 Å². The zero-order valence-electron chi connectivity index (χ0n) is 17.2. The van der Waals surface area contributed by atoms with E-state index in [1.54, 1.807) is 13.8 Å². The maximum absolute atomic E-state index is 12.2. The van der Waals surface area contributed by atoms with Gasteiger partial charge in [-0.05, 0) is 13.8 Å². The summed E-state index contributed by atoms with van der Waals surface area (Å²) in [5.41, 5.74) is -1.51. The van der Waals surface area contributed by atoms with Crippen molar-refractivity contribution in [1.29, 1.82) is 0 Å². The number of hydrogen-bond acceptors (Lipinski definition) is 12. The largest absolute Gasteiger partial charge is 0.464 e. The lowest BCUT2D eigenvalue weighted by Gasteiger charge is -2.24. The lowest BCUT2D eigenvalue weighted by atomic mass is 10.1. The molecule has 0 saturated carbocycles. The predicted molar refractivity (Wildman–Crippen MR) is 100.0 cm³/mol. The molecule has 2 aliphatic rings. The van der Waals surface area contributed by atoms with E-state index in [9.17, 15) is 29.4 Å². The third-order valence-electron chi connectivity index (χ3n) is 4.71. The van der Waals surface area contributed by atoms with E-state index in [0.717, 1.165) is 16.8 Å². The number of rotatable bonds is 8. The fourth-order valence-electron chi connectivity index (χ4n) is 3.28. The smallest absolute Gasteiger partial charge is 0.338 e. The summed E-state index contributed by atoms with van der Waals surface area (Å²) in [7, 11) is 0. The molecule has 0 aliphatic carbocycles. The van der Waals surface area contributed by atoms with Gasteiger partial charge in [0.2, 0.25) is 0 Å². The van der Waals surface area contributed by atoms with Gasteiger partial charge in [0.15, 0.2) is 18.4 Å². The number of H-pyrrole nitrogens is 1. The van der Waals surface area contributed by atoms with Gasteiger partial charge in [-0.25, -0.2) is 14.4 Å². The topological polar surface area (TPSA) is 185 Å². The monoisotopic (exact) mass is 460 g/mol. The number of aliphatic hydroxyl groups excluding tert-OH is 2. The first-order chi connectivity index (χ1) is 15.3. The highest BCUT2D eigenvalue weighted by Gasteiger charge is 2.52. The number of nitrogens with zero attached hydrogens (tertiary/aromatic N) is 1. The molecule has 0 aromatic carbocycles. The lowest BCUT2D eigenvalue weighted by Crippen LogP contribution is -2.41. The van der Waals surface area contributed by atoms with Crippen LogP contribution in [0.15, 0.2) is 21.9 Å². The molecule has 1 aromatic rings. The lowest BCUT2D eigenvalue weighted by molar-refractivity contribution is -0.281. The van der Waals surface area contributed by atoms with Crippen molar-refractivity contribution in [3.8, 4) is 0 Å². The van der Waals surface area contributed by atoms with Gasteiger partial charge in [-0.1, -0.05) is 0 Å². The van der Waals surface area contributed by atoms with E-state index >= 15 is 0 Å². The molecular weight excluding hydrogens is 436 g/mol. The molecule has 0 bridgehead atoms. The molecular formula is C18H24N2O12. The molecule has 3 rings (SSSR count). The molecule has 32 heavy (non-hydrogen) atoms. The standard InChI is InChI=1S/C18H24N2O12/c1-3-27-15(24)12-13(16(25)28-4-2)32-18(31-12)30-11-10(23)8(7-21)29-14(11)20-6-5-9(22)19-17(20)26/h5-6,8,10-14,18,21,23H,3-4,7H2,1-2H3,(H,19,22,26)/t8-,10-,11-,12?,13?,14-,18?/m1/s1. The second-order valence-corrected chi connectivity index (χ2v) is 6.76. The molecule has 2 saturated heterocycles. The summed E-state index contributed by atoms with van der Waals surface area (Å²) < 4.78 is 32.5. The van der Waals surface area contributed by atoms with Crippen LogP contribution in [0, 0.1) is 0 Å². The van der Waals surface area contributed by atoms with Gasteiger partial charge in [0.05, 0.1) is 19.8 Å². The Morgan fingerprint density at radius 1 is 1.09 bits per heavy atom. The van der Waals surface area contributed by atoms with Gasteiger partial charge in [-0.15, -0.1) is 0 Å². The van der Waals surface area contributed by atoms with Crippen molar-refractivity contribution in [1.82, 2.24) is 9.55 Å². The zero-order chi connectivity index (χ0) is 23.4. The summed E-state index contributed by atoms with van der Waals surface area (Å²) in [4.78, 5) is 50.0. The number of carbonyl (C=O) groups excluding carboxylic acids is 2. The molecule has 3 N–H and O–H groups in total. The van der Waals surface area contributed by atoms with Gasteiger partial charge in [0, 0.05) is 12.3 Å². The Morgan fingerprint density at radius 2 is 1.69 bits per heavy atom. The van der Waals surface area contributed by atoms with Crippen molar-refractivity contribution in [3.05, 3.63) is 33.1 Å². The number of ether oxygens (including phenoxy) is 6. The number of aromatic amines is 1. The van der Waals surface area contributed by atoms with Crippen LogP contribution in [0.25, 0.3) is 0 Å². The number of aliphatic hydroxyl groups is 2. The molecule has 6 atom stereocenters. The maximum Gasteiger partial charge on any atom is 0.338 e. The summed E-state index contributed by atoms with van der Waals surface area (Å²) in [6.07, 6.45) is -7.15. The normalized spacial score (nSPS) is 32.1. The maximum atomic E-state index is 12.2. The molecule has 178 valence electrons. The van der Waals surface area contributed by atoms with E-state index in [2.05, 4.69) is 0 Å². The van der Waals surface area contributed by atoms with Crippen LogP contribution in [0.3, 0.4) is 0 Å². The molecule has 2 fully saturated rings.